The van der Waals surface area contributed by atoms with E-state index in [1.165, 1.54) is 18.4 Å². The maximum atomic E-state index is 13.4. The maximum absolute atomic E-state index is 13.4. The molecular weight excluding hydrogens is 448 g/mol. The first-order valence-electron chi connectivity index (χ1n) is 10.7. The Bertz CT molecular complexity index is 1720. The summed E-state index contributed by atoms with van der Waals surface area (Å²) in [5.41, 5.74) is 2.76. The van der Waals surface area contributed by atoms with Crippen LogP contribution in [0.2, 0.25) is 0 Å². The number of benzene rings is 3. The predicted octanol–water partition coefficient (Wildman–Crippen LogP) is 4.29. The molecule has 2 heterocycles. The van der Waals surface area contributed by atoms with Crippen molar-refractivity contribution >= 4 is 44.0 Å². The third kappa shape index (κ3) is 3.72. The van der Waals surface area contributed by atoms with Crippen molar-refractivity contribution in [2.24, 2.45) is 0 Å². The van der Waals surface area contributed by atoms with E-state index in [1.807, 2.05) is 54.6 Å². The van der Waals surface area contributed by atoms with E-state index in [1.54, 1.807) is 41.1 Å². The minimum atomic E-state index is -3.57. The topological polar surface area (TPSA) is 88.1 Å². The van der Waals surface area contributed by atoms with Gasteiger partial charge in [-0.2, -0.15) is 0 Å². The van der Waals surface area contributed by atoms with Gasteiger partial charge in [-0.1, -0.05) is 30.3 Å². The fourth-order valence-electron chi connectivity index (χ4n) is 3.88. The Morgan fingerprint density at radius 1 is 0.912 bits per heavy atom. The van der Waals surface area contributed by atoms with Gasteiger partial charge in [0.15, 0.2) is 0 Å². The molecule has 170 valence electrons. The molecule has 2 aromatic heterocycles. The van der Waals surface area contributed by atoms with Gasteiger partial charge in [0.05, 0.1) is 21.5 Å². The van der Waals surface area contributed by atoms with Crippen molar-refractivity contribution in [3.63, 3.8) is 0 Å². The van der Waals surface area contributed by atoms with Gasteiger partial charge in [0.2, 0.25) is 10.0 Å². The van der Waals surface area contributed by atoms with E-state index in [0.29, 0.717) is 22.4 Å². The Balaban J connectivity index is 1.67. The van der Waals surface area contributed by atoms with Crippen LogP contribution >= 0.6 is 0 Å². The number of para-hydroxylation sites is 2. The minimum Gasteiger partial charge on any atom is -0.361 e. The Labute approximate surface area is 196 Å². The Hall–Kier alpha value is -4.01. The van der Waals surface area contributed by atoms with Crippen molar-refractivity contribution in [2.45, 2.75) is 4.90 Å². The van der Waals surface area contributed by atoms with Gasteiger partial charge in [0, 0.05) is 31.2 Å². The first-order chi connectivity index (χ1) is 16.4. The van der Waals surface area contributed by atoms with Crippen molar-refractivity contribution in [2.75, 3.05) is 14.1 Å². The molecule has 0 aliphatic rings. The molecule has 0 atom stereocenters. The molecule has 0 saturated heterocycles. The number of hydrogen-bond acceptors (Lipinski definition) is 4. The van der Waals surface area contributed by atoms with Crippen molar-refractivity contribution in [1.82, 2.24) is 18.8 Å². The molecule has 0 saturated carbocycles. The second-order valence-electron chi connectivity index (χ2n) is 8.04. The van der Waals surface area contributed by atoms with E-state index in [2.05, 4.69) is 4.98 Å². The van der Waals surface area contributed by atoms with E-state index >= 15 is 0 Å². The molecule has 0 spiro atoms. The number of fused-ring (bicyclic) bond motifs is 2. The number of nitrogens with one attached hydrogen (secondary N) is 1. The fourth-order valence-corrected chi connectivity index (χ4v) is 4.81. The van der Waals surface area contributed by atoms with Crippen molar-refractivity contribution in [3.05, 3.63) is 101 Å². The SMILES string of the molecule is CN(C)S(=O)(=O)c1ccc2[nH]cc(/C=C/c3nc4ccccc4c(=O)n3-c3ccccc3)c2c1. The molecule has 0 unspecified atom stereocenters. The molecule has 0 bridgehead atoms. The number of aromatic nitrogens is 3. The summed E-state index contributed by atoms with van der Waals surface area (Å²) >= 11 is 0. The van der Waals surface area contributed by atoms with Crippen LogP contribution in [0.4, 0.5) is 0 Å². The van der Waals surface area contributed by atoms with Crippen molar-refractivity contribution in [1.29, 1.82) is 0 Å². The number of aromatic amines is 1. The normalized spacial score (nSPS) is 12.3. The molecule has 0 aliphatic heterocycles. The highest BCUT2D eigenvalue weighted by molar-refractivity contribution is 7.89. The van der Waals surface area contributed by atoms with Crippen molar-refractivity contribution in [3.8, 4) is 5.69 Å². The van der Waals surface area contributed by atoms with Gasteiger partial charge in [-0.3, -0.25) is 9.36 Å². The first-order valence-corrected chi connectivity index (χ1v) is 12.1. The lowest BCUT2D eigenvalue weighted by molar-refractivity contribution is 0.521. The number of hydrogen-bond donors (Lipinski definition) is 1. The van der Waals surface area contributed by atoms with Gasteiger partial charge in [-0.25, -0.2) is 17.7 Å². The summed E-state index contributed by atoms with van der Waals surface area (Å²) in [6, 6.07) is 21.6. The summed E-state index contributed by atoms with van der Waals surface area (Å²) < 4.78 is 28.0. The van der Waals surface area contributed by atoms with E-state index in [0.717, 1.165) is 16.5 Å². The highest BCUT2D eigenvalue weighted by Crippen LogP contribution is 2.25. The summed E-state index contributed by atoms with van der Waals surface area (Å²) in [7, 11) is -0.554. The van der Waals surface area contributed by atoms with Crippen LogP contribution in [0.5, 0.6) is 0 Å². The Morgan fingerprint density at radius 3 is 2.41 bits per heavy atom. The minimum absolute atomic E-state index is 0.158. The number of rotatable bonds is 5. The second-order valence-corrected chi connectivity index (χ2v) is 10.2. The standard InChI is InChI=1S/C26H22N4O3S/c1-29(2)34(32,33)20-13-14-23-22(16-20)18(17-27-23)12-15-25-28-24-11-7-6-10-21(24)26(31)30(25)19-8-4-3-5-9-19/h3-17,27H,1-2H3/b15-12+. The summed E-state index contributed by atoms with van der Waals surface area (Å²) in [4.78, 5) is 21.5. The van der Waals surface area contributed by atoms with Crippen LogP contribution in [-0.4, -0.2) is 41.4 Å². The summed E-state index contributed by atoms with van der Waals surface area (Å²) in [5, 5.41) is 1.29. The summed E-state index contributed by atoms with van der Waals surface area (Å²) in [6.07, 6.45) is 5.41. The largest absolute Gasteiger partial charge is 0.361 e. The lowest BCUT2D eigenvalue weighted by Crippen LogP contribution is -2.22. The van der Waals surface area contributed by atoms with Gasteiger partial charge in [0.25, 0.3) is 5.56 Å². The molecule has 3 aromatic carbocycles. The van der Waals surface area contributed by atoms with Gasteiger partial charge in [-0.15, -0.1) is 0 Å². The average molecular weight is 471 g/mol. The first kappa shape index (κ1) is 21.8. The second kappa shape index (κ2) is 8.40. The molecule has 8 heteroatoms. The molecule has 1 N–H and O–H groups in total. The lowest BCUT2D eigenvalue weighted by Gasteiger charge is -2.11. The monoisotopic (exact) mass is 470 g/mol. The van der Waals surface area contributed by atoms with E-state index in [9.17, 15) is 13.2 Å². The fraction of sp³-hybridized carbons (Fsp3) is 0.0769. The van der Waals surface area contributed by atoms with E-state index < -0.39 is 10.0 Å². The van der Waals surface area contributed by atoms with Crippen molar-refractivity contribution < 1.29 is 8.42 Å². The van der Waals surface area contributed by atoms with Gasteiger partial charge >= 0.3 is 0 Å². The molecular formula is C26H22N4O3S. The average Bonchev–Trinajstić information content (AvgIpc) is 3.25. The molecule has 0 amide bonds. The molecule has 0 radical (unpaired) electrons. The van der Waals surface area contributed by atoms with Crippen LogP contribution in [-0.2, 0) is 10.0 Å². The number of sulfonamides is 1. The van der Waals surface area contributed by atoms with Crippen LogP contribution < -0.4 is 5.56 Å². The predicted molar refractivity (Wildman–Crippen MR) is 135 cm³/mol. The van der Waals surface area contributed by atoms with E-state index in [4.69, 9.17) is 4.98 Å². The Morgan fingerprint density at radius 2 is 1.65 bits per heavy atom. The summed E-state index contributed by atoms with van der Waals surface area (Å²) in [6.45, 7) is 0. The molecule has 0 fully saturated rings. The number of nitrogens with zero attached hydrogens (tertiary/aromatic N) is 3. The molecule has 5 aromatic rings. The number of H-pyrrole nitrogens is 1. The van der Waals surface area contributed by atoms with Gasteiger partial charge in [-0.05, 0) is 60.2 Å². The highest BCUT2D eigenvalue weighted by atomic mass is 32.2. The molecule has 0 aliphatic carbocycles. The zero-order valence-electron chi connectivity index (χ0n) is 18.6. The molecule has 5 rings (SSSR count). The van der Waals surface area contributed by atoms with Crippen LogP contribution in [0.25, 0.3) is 39.6 Å². The lowest BCUT2D eigenvalue weighted by atomic mass is 10.1. The van der Waals surface area contributed by atoms with Gasteiger partial charge in [0.1, 0.15) is 5.82 Å². The van der Waals surface area contributed by atoms with Crippen LogP contribution in [0.15, 0.2) is 88.7 Å². The third-order valence-electron chi connectivity index (χ3n) is 5.69. The molecule has 7 nitrogen and oxygen atoms in total. The Kier molecular flexibility index (Phi) is 5.39. The zero-order valence-corrected chi connectivity index (χ0v) is 19.5. The smallest absolute Gasteiger partial charge is 0.266 e. The highest BCUT2D eigenvalue weighted by Gasteiger charge is 2.18. The zero-order chi connectivity index (χ0) is 23.9. The van der Waals surface area contributed by atoms with Gasteiger partial charge < -0.3 is 4.98 Å². The summed E-state index contributed by atoms with van der Waals surface area (Å²) in [5.74, 6) is 0.473. The third-order valence-corrected chi connectivity index (χ3v) is 7.50. The van der Waals surface area contributed by atoms with Crippen LogP contribution in [0.3, 0.4) is 0 Å². The quantitative estimate of drug-likeness (QED) is 0.415. The van der Waals surface area contributed by atoms with E-state index in [-0.39, 0.29) is 10.5 Å². The van der Waals surface area contributed by atoms with Crippen LogP contribution in [0.1, 0.15) is 11.4 Å². The molecule has 34 heavy (non-hydrogen) atoms. The van der Waals surface area contributed by atoms with Crippen LogP contribution in [0, 0.1) is 0 Å². The maximum Gasteiger partial charge on any atom is 0.266 e.